The van der Waals surface area contributed by atoms with E-state index in [-0.39, 0.29) is 23.6 Å². The van der Waals surface area contributed by atoms with Gasteiger partial charge in [-0.1, -0.05) is 6.07 Å². The van der Waals surface area contributed by atoms with Gasteiger partial charge in [-0.3, -0.25) is 9.59 Å². The van der Waals surface area contributed by atoms with E-state index in [1.807, 2.05) is 13.0 Å². The number of phenolic OH excluding ortho intramolecular Hbond substituents is 1. The van der Waals surface area contributed by atoms with Crippen LogP contribution in [0.2, 0.25) is 0 Å². The summed E-state index contributed by atoms with van der Waals surface area (Å²) >= 11 is 0. The molecule has 0 saturated heterocycles. The van der Waals surface area contributed by atoms with E-state index in [2.05, 4.69) is 10.6 Å². The molecule has 23 heavy (non-hydrogen) atoms. The van der Waals surface area contributed by atoms with Crippen molar-refractivity contribution in [2.45, 2.75) is 25.8 Å². The maximum absolute atomic E-state index is 12.3. The summed E-state index contributed by atoms with van der Waals surface area (Å²) in [5.74, 6) is -0.397. The van der Waals surface area contributed by atoms with Crippen LogP contribution in [0.25, 0.3) is 0 Å². The fourth-order valence-corrected chi connectivity index (χ4v) is 2.26. The summed E-state index contributed by atoms with van der Waals surface area (Å²) in [6.45, 7) is 1.90. The highest BCUT2D eigenvalue weighted by molar-refractivity contribution is 6.09. The highest BCUT2D eigenvalue weighted by atomic mass is 16.3. The minimum atomic E-state index is -0.323. The van der Waals surface area contributed by atoms with Gasteiger partial charge >= 0.3 is 0 Å². The maximum Gasteiger partial charge on any atom is 0.255 e. The molecule has 0 bridgehead atoms. The molecule has 3 rings (SSSR count). The summed E-state index contributed by atoms with van der Waals surface area (Å²) in [6.07, 6.45) is 2.01. The molecule has 1 aliphatic carbocycles. The van der Waals surface area contributed by atoms with E-state index in [9.17, 15) is 14.7 Å². The van der Waals surface area contributed by atoms with E-state index in [1.165, 1.54) is 24.3 Å². The van der Waals surface area contributed by atoms with E-state index in [4.69, 9.17) is 0 Å². The largest absolute Gasteiger partial charge is 0.508 e. The lowest BCUT2D eigenvalue weighted by Crippen LogP contribution is -2.27. The first-order valence-corrected chi connectivity index (χ1v) is 7.55. The smallest absolute Gasteiger partial charge is 0.255 e. The summed E-state index contributed by atoms with van der Waals surface area (Å²) < 4.78 is 0. The van der Waals surface area contributed by atoms with Crippen LogP contribution in [0.15, 0.2) is 42.5 Å². The quantitative estimate of drug-likeness (QED) is 0.812. The van der Waals surface area contributed by atoms with Crippen molar-refractivity contribution < 1.29 is 14.7 Å². The first kappa shape index (κ1) is 15.1. The number of carbonyl (C=O) groups excluding carboxylic acids is 2. The molecule has 2 aromatic carbocycles. The molecule has 0 heterocycles. The number of carbonyl (C=O) groups is 2. The number of hydrogen-bond acceptors (Lipinski definition) is 3. The normalized spacial score (nSPS) is 13.4. The fraction of sp³-hybridized carbons (Fsp3) is 0.222. The van der Waals surface area contributed by atoms with Crippen molar-refractivity contribution in [3.8, 4) is 5.75 Å². The van der Waals surface area contributed by atoms with Crippen molar-refractivity contribution in [1.29, 1.82) is 0 Å². The van der Waals surface area contributed by atoms with Gasteiger partial charge in [0.1, 0.15) is 5.75 Å². The van der Waals surface area contributed by atoms with Gasteiger partial charge in [0.2, 0.25) is 0 Å². The summed E-state index contributed by atoms with van der Waals surface area (Å²) in [4.78, 5) is 24.6. The zero-order valence-electron chi connectivity index (χ0n) is 12.8. The van der Waals surface area contributed by atoms with Gasteiger partial charge in [-0.05, 0) is 61.7 Å². The number of amides is 2. The van der Waals surface area contributed by atoms with Crippen molar-refractivity contribution >= 4 is 17.5 Å². The predicted molar refractivity (Wildman–Crippen MR) is 87.7 cm³/mol. The van der Waals surface area contributed by atoms with Crippen molar-refractivity contribution in [1.82, 2.24) is 5.32 Å². The number of hydrogen-bond donors (Lipinski definition) is 3. The van der Waals surface area contributed by atoms with E-state index in [0.717, 1.165) is 18.4 Å². The standard InChI is InChI=1S/C18H18N2O3/c1-11-2-9-15(18(23)19-13-5-6-13)16(10-11)20-17(22)12-3-7-14(21)8-4-12/h2-4,7-10,13,21H,5-6H2,1H3,(H,19,23)(H,20,22). The molecule has 2 aromatic rings. The molecule has 0 spiro atoms. The molecular formula is C18H18N2O3. The highest BCUT2D eigenvalue weighted by Gasteiger charge is 2.25. The third-order valence-corrected chi connectivity index (χ3v) is 3.71. The Balaban J connectivity index is 1.82. The number of aromatic hydroxyl groups is 1. The molecule has 0 unspecified atom stereocenters. The Bertz CT molecular complexity index is 749. The van der Waals surface area contributed by atoms with Crippen molar-refractivity contribution in [2.24, 2.45) is 0 Å². The number of anilines is 1. The summed E-state index contributed by atoms with van der Waals surface area (Å²) in [5, 5.41) is 15.0. The lowest BCUT2D eigenvalue weighted by molar-refractivity contribution is 0.0952. The lowest BCUT2D eigenvalue weighted by Gasteiger charge is -2.12. The minimum absolute atomic E-state index is 0.0987. The Morgan fingerprint density at radius 3 is 2.39 bits per heavy atom. The van der Waals surface area contributed by atoms with E-state index >= 15 is 0 Å². The number of rotatable bonds is 4. The van der Waals surface area contributed by atoms with E-state index in [0.29, 0.717) is 16.8 Å². The monoisotopic (exact) mass is 310 g/mol. The second kappa shape index (κ2) is 6.12. The van der Waals surface area contributed by atoms with Gasteiger partial charge in [-0.25, -0.2) is 0 Å². The van der Waals surface area contributed by atoms with Gasteiger partial charge < -0.3 is 15.7 Å². The van der Waals surface area contributed by atoms with Crippen LogP contribution < -0.4 is 10.6 Å². The SMILES string of the molecule is Cc1ccc(C(=O)NC2CC2)c(NC(=O)c2ccc(O)cc2)c1. The highest BCUT2D eigenvalue weighted by Crippen LogP contribution is 2.23. The predicted octanol–water partition coefficient (Wildman–Crippen LogP) is 2.85. The summed E-state index contributed by atoms with van der Waals surface area (Å²) in [7, 11) is 0. The lowest BCUT2D eigenvalue weighted by atomic mass is 10.1. The number of benzene rings is 2. The zero-order valence-corrected chi connectivity index (χ0v) is 12.8. The molecule has 1 saturated carbocycles. The first-order valence-electron chi connectivity index (χ1n) is 7.55. The summed E-state index contributed by atoms with van der Waals surface area (Å²) in [5.41, 5.74) is 2.31. The number of phenols is 1. The van der Waals surface area contributed by atoms with Crippen LogP contribution in [0, 0.1) is 6.92 Å². The Kier molecular flexibility index (Phi) is 4.02. The molecule has 5 nitrogen and oxygen atoms in total. The Morgan fingerprint density at radius 2 is 1.74 bits per heavy atom. The van der Waals surface area contributed by atoms with Crippen LogP contribution in [0.1, 0.15) is 39.1 Å². The molecule has 1 aliphatic rings. The molecular weight excluding hydrogens is 292 g/mol. The second-order valence-corrected chi connectivity index (χ2v) is 5.80. The van der Waals surface area contributed by atoms with Crippen LogP contribution in [0.5, 0.6) is 5.75 Å². The molecule has 0 radical (unpaired) electrons. The van der Waals surface area contributed by atoms with Gasteiger partial charge in [0, 0.05) is 11.6 Å². The first-order chi connectivity index (χ1) is 11.0. The third kappa shape index (κ3) is 3.69. The average molecular weight is 310 g/mol. The zero-order chi connectivity index (χ0) is 16.4. The maximum atomic E-state index is 12.3. The average Bonchev–Trinajstić information content (AvgIpc) is 3.31. The second-order valence-electron chi connectivity index (χ2n) is 5.80. The van der Waals surface area contributed by atoms with Gasteiger partial charge in [0.25, 0.3) is 11.8 Å². The van der Waals surface area contributed by atoms with Gasteiger partial charge in [-0.2, -0.15) is 0 Å². The number of aryl methyl sites for hydroxylation is 1. The van der Waals surface area contributed by atoms with Crippen LogP contribution in [0.4, 0.5) is 5.69 Å². The van der Waals surface area contributed by atoms with Crippen molar-refractivity contribution in [2.75, 3.05) is 5.32 Å². The third-order valence-electron chi connectivity index (χ3n) is 3.71. The van der Waals surface area contributed by atoms with Crippen LogP contribution in [0.3, 0.4) is 0 Å². The van der Waals surface area contributed by atoms with Crippen LogP contribution in [-0.4, -0.2) is 23.0 Å². The Labute approximate surface area is 134 Å². The molecule has 0 atom stereocenters. The van der Waals surface area contributed by atoms with Crippen LogP contribution in [-0.2, 0) is 0 Å². The number of nitrogens with one attached hydrogen (secondary N) is 2. The Hall–Kier alpha value is -2.82. The minimum Gasteiger partial charge on any atom is -0.508 e. The molecule has 0 aliphatic heterocycles. The van der Waals surface area contributed by atoms with Gasteiger partial charge in [-0.15, -0.1) is 0 Å². The van der Waals surface area contributed by atoms with Gasteiger partial charge in [0.05, 0.1) is 11.3 Å². The molecule has 3 N–H and O–H groups in total. The van der Waals surface area contributed by atoms with Gasteiger partial charge in [0.15, 0.2) is 0 Å². The molecule has 1 fully saturated rings. The topological polar surface area (TPSA) is 78.4 Å². The van der Waals surface area contributed by atoms with E-state index in [1.54, 1.807) is 12.1 Å². The fourth-order valence-electron chi connectivity index (χ4n) is 2.26. The van der Waals surface area contributed by atoms with E-state index < -0.39 is 0 Å². The molecule has 0 aromatic heterocycles. The van der Waals surface area contributed by atoms with Crippen molar-refractivity contribution in [3.05, 3.63) is 59.2 Å². The van der Waals surface area contributed by atoms with Crippen LogP contribution >= 0.6 is 0 Å². The molecule has 2 amide bonds. The summed E-state index contributed by atoms with van der Waals surface area (Å²) in [6, 6.07) is 11.6. The Morgan fingerprint density at radius 1 is 1.04 bits per heavy atom. The molecule has 118 valence electrons. The molecule has 5 heteroatoms. The van der Waals surface area contributed by atoms with Crippen molar-refractivity contribution in [3.63, 3.8) is 0 Å².